The highest BCUT2D eigenvalue weighted by Gasteiger charge is 2.19. The summed E-state index contributed by atoms with van der Waals surface area (Å²) in [5, 5.41) is 0. The Balaban J connectivity index is 2.10. The summed E-state index contributed by atoms with van der Waals surface area (Å²) in [6, 6.07) is 7.00. The van der Waals surface area contributed by atoms with Crippen LogP contribution >= 0.6 is 0 Å². The number of aromatic amines is 1. The van der Waals surface area contributed by atoms with Crippen molar-refractivity contribution < 1.29 is 19.0 Å². The van der Waals surface area contributed by atoms with E-state index in [2.05, 4.69) is 9.97 Å². The van der Waals surface area contributed by atoms with E-state index in [-0.39, 0.29) is 5.78 Å². The van der Waals surface area contributed by atoms with Crippen molar-refractivity contribution in [2.45, 2.75) is 0 Å². The maximum absolute atomic E-state index is 12.8. The van der Waals surface area contributed by atoms with Gasteiger partial charge in [-0.3, -0.25) is 9.78 Å². The first-order valence-electron chi connectivity index (χ1n) is 7.61. The van der Waals surface area contributed by atoms with Crippen LogP contribution in [0.3, 0.4) is 0 Å². The van der Waals surface area contributed by atoms with Crippen LogP contribution < -0.4 is 14.2 Å². The molecule has 6 nitrogen and oxygen atoms in total. The van der Waals surface area contributed by atoms with E-state index in [9.17, 15) is 4.79 Å². The second kappa shape index (κ2) is 7.09. The molecule has 0 bridgehead atoms. The predicted molar refractivity (Wildman–Crippen MR) is 93.6 cm³/mol. The molecule has 3 rings (SSSR count). The molecule has 1 aromatic carbocycles. The van der Waals surface area contributed by atoms with Crippen molar-refractivity contribution in [1.82, 2.24) is 9.97 Å². The molecule has 0 amide bonds. The zero-order valence-corrected chi connectivity index (χ0v) is 14.2. The van der Waals surface area contributed by atoms with Crippen molar-refractivity contribution in [2.75, 3.05) is 21.3 Å². The highest BCUT2D eigenvalue weighted by molar-refractivity contribution is 6.12. The number of hydrogen-bond donors (Lipinski definition) is 1. The van der Waals surface area contributed by atoms with Crippen LogP contribution in [0.4, 0.5) is 0 Å². The van der Waals surface area contributed by atoms with E-state index in [1.165, 1.54) is 0 Å². The zero-order chi connectivity index (χ0) is 17.8. The molecule has 128 valence electrons. The molecule has 0 unspecified atom stereocenters. The molecule has 0 aliphatic rings. The quantitative estimate of drug-likeness (QED) is 0.698. The number of nitrogens with one attached hydrogen (secondary N) is 1. The Labute approximate surface area is 145 Å². The van der Waals surface area contributed by atoms with Crippen LogP contribution in [0.15, 0.2) is 49.1 Å². The summed E-state index contributed by atoms with van der Waals surface area (Å²) in [5.41, 5.74) is 2.66. The van der Waals surface area contributed by atoms with Gasteiger partial charge in [-0.2, -0.15) is 0 Å². The van der Waals surface area contributed by atoms with Crippen LogP contribution in [-0.4, -0.2) is 37.1 Å². The van der Waals surface area contributed by atoms with Gasteiger partial charge in [0.1, 0.15) is 0 Å². The average Bonchev–Trinajstić information content (AvgIpc) is 3.16. The Bertz CT molecular complexity index is 862. The molecule has 0 aliphatic heterocycles. The standard InChI is InChI=1S/C19H18N2O4/c1-23-16-8-13(9-17(24-2)19(16)25-3)14-10-21-11-15(14)18(22)12-4-6-20-7-5-12/h4-11,21H,1-3H3. The molecule has 2 heterocycles. The van der Waals surface area contributed by atoms with E-state index in [0.717, 1.165) is 11.1 Å². The monoisotopic (exact) mass is 338 g/mol. The maximum atomic E-state index is 12.8. The van der Waals surface area contributed by atoms with Gasteiger partial charge in [0.15, 0.2) is 17.3 Å². The largest absolute Gasteiger partial charge is 0.493 e. The summed E-state index contributed by atoms with van der Waals surface area (Å²) in [6.45, 7) is 0. The lowest BCUT2D eigenvalue weighted by Crippen LogP contribution is -2.02. The van der Waals surface area contributed by atoms with Gasteiger partial charge in [0, 0.05) is 41.5 Å². The molecule has 0 atom stereocenters. The lowest BCUT2D eigenvalue weighted by Gasteiger charge is -2.14. The molecule has 3 aromatic rings. The number of aromatic nitrogens is 2. The van der Waals surface area contributed by atoms with Crippen LogP contribution in [0.25, 0.3) is 11.1 Å². The van der Waals surface area contributed by atoms with Crippen LogP contribution in [0, 0.1) is 0 Å². The van der Waals surface area contributed by atoms with Gasteiger partial charge in [-0.05, 0) is 29.8 Å². The number of nitrogens with zero attached hydrogens (tertiary/aromatic N) is 1. The van der Waals surface area contributed by atoms with Gasteiger partial charge in [-0.25, -0.2) is 0 Å². The van der Waals surface area contributed by atoms with Gasteiger partial charge in [-0.15, -0.1) is 0 Å². The van der Waals surface area contributed by atoms with E-state index >= 15 is 0 Å². The molecular formula is C19H18N2O4. The summed E-state index contributed by atoms with van der Waals surface area (Å²) >= 11 is 0. The number of ketones is 1. The SMILES string of the molecule is COc1cc(-c2c[nH]cc2C(=O)c2ccncc2)cc(OC)c1OC. The predicted octanol–water partition coefficient (Wildman–Crippen LogP) is 3.33. The van der Waals surface area contributed by atoms with Crippen LogP contribution in [0.1, 0.15) is 15.9 Å². The Morgan fingerprint density at radius 2 is 1.60 bits per heavy atom. The summed E-state index contributed by atoms with van der Waals surface area (Å²) in [7, 11) is 4.66. The highest BCUT2D eigenvalue weighted by Crippen LogP contribution is 2.42. The van der Waals surface area contributed by atoms with Crippen molar-refractivity contribution in [2.24, 2.45) is 0 Å². The van der Waals surface area contributed by atoms with Gasteiger partial charge in [0.2, 0.25) is 5.75 Å². The normalized spacial score (nSPS) is 10.4. The molecule has 0 saturated carbocycles. The summed E-state index contributed by atoms with van der Waals surface area (Å²) < 4.78 is 16.1. The molecule has 0 saturated heterocycles. The molecule has 0 radical (unpaired) electrons. The van der Waals surface area contributed by atoms with E-state index in [1.807, 2.05) is 12.1 Å². The van der Waals surface area contributed by atoms with Gasteiger partial charge < -0.3 is 19.2 Å². The number of pyridine rings is 1. The Hall–Kier alpha value is -3.28. The summed E-state index contributed by atoms with van der Waals surface area (Å²) in [4.78, 5) is 19.7. The maximum Gasteiger partial charge on any atom is 0.203 e. The minimum Gasteiger partial charge on any atom is -0.493 e. The lowest BCUT2D eigenvalue weighted by molar-refractivity contribution is 0.103. The van der Waals surface area contributed by atoms with Crippen molar-refractivity contribution in [1.29, 1.82) is 0 Å². The zero-order valence-electron chi connectivity index (χ0n) is 14.2. The number of carbonyl (C=O) groups excluding carboxylic acids is 1. The van der Waals surface area contributed by atoms with E-state index < -0.39 is 0 Å². The minimum atomic E-state index is -0.0904. The number of methoxy groups -OCH3 is 3. The molecule has 0 spiro atoms. The number of rotatable bonds is 6. The van der Waals surface area contributed by atoms with Gasteiger partial charge >= 0.3 is 0 Å². The summed E-state index contributed by atoms with van der Waals surface area (Å²) in [5.74, 6) is 1.47. The number of benzene rings is 1. The van der Waals surface area contributed by atoms with Crippen molar-refractivity contribution in [3.63, 3.8) is 0 Å². The third-order valence-electron chi connectivity index (χ3n) is 3.91. The average molecular weight is 338 g/mol. The van der Waals surface area contributed by atoms with Gasteiger partial charge in [0.25, 0.3) is 0 Å². The first-order valence-corrected chi connectivity index (χ1v) is 7.61. The fourth-order valence-corrected chi connectivity index (χ4v) is 2.69. The van der Waals surface area contributed by atoms with Crippen LogP contribution in [0.2, 0.25) is 0 Å². The second-order valence-corrected chi connectivity index (χ2v) is 5.26. The van der Waals surface area contributed by atoms with Crippen LogP contribution in [0.5, 0.6) is 17.2 Å². The number of H-pyrrole nitrogens is 1. The lowest BCUT2D eigenvalue weighted by atomic mass is 9.98. The topological polar surface area (TPSA) is 73.4 Å². The second-order valence-electron chi connectivity index (χ2n) is 5.26. The molecule has 1 N–H and O–H groups in total. The fourth-order valence-electron chi connectivity index (χ4n) is 2.69. The number of carbonyl (C=O) groups is 1. The van der Waals surface area contributed by atoms with Crippen LogP contribution in [-0.2, 0) is 0 Å². The first-order chi connectivity index (χ1) is 12.2. The Kier molecular flexibility index (Phi) is 4.70. The molecular weight excluding hydrogens is 320 g/mol. The molecule has 0 fully saturated rings. The molecule has 0 aliphatic carbocycles. The highest BCUT2D eigenvalue weighted by atomic mass is 16.5. The van der Waals surface area contributed by atoms with E-state index in [4.69, 9.17) is 14.2 Å². The smallest absolute Gasteiger partial charge is 0.203 e. The minimum absolute atomic E-state index is 0.0904. The molecule has 6 heteroatoms. The molecule has 2 aromatic heterocycles. The fraction of sp³-hybridized carbons (Fsp3) is 0.158. The first kappa shape index (κ1) is 16.6. The Morgan fingerprint density at radius 3 is 2.16 bits per heavy atom. The van der Waals surface area contributed by atoms with Crippen molar-refractivity contribution in [3.05, 3.63) is 60.2 Å². The summed E-state index contributed by atoms with van der Waals surface area (Å²) in [6.07, 6.45) is 6.65. The van der Waals surface area contributed by atoms with Gasteiger partial charge in [-0.1, -0.05) is 0 Å². The number of ether oxygens (including phenoxy) is 3. The van der Waals surface area contributed by atoms with Gasteiger partial charge in [0.05, 0.1) is 21.3 Å². The van der Waals surface area contributed by atoms with E-state index in [1.54, 1.807) is 58.2 Å². The van der Waals surface area contributed by atoms with Crippen molar-refractivity contribution >= 4 is 5.78 Å². The van der Waals surface area contributed by atoms with Crippen molar-refractivity contribution in [3.8, 4) is 28.4 Å². The number of hydrogen-bond acceptors (Lipinski definition) is 5. The third kappa shape index (κ3) is 3.06. The third-order valence-corrected chi connectivity index (χ3v) is 3.91. The van der Waals surface area contributed by atoms with E-state index in [0.29, 0.717) is 28.4 Å². The Morgan fingerprint density at radius 1 is 0.960 bits per heavy atom. The molecule has 25 heavy (non-hydrogen) atoms.